The lowest BCUT2D eigenvalue weighted by molar-refractivity contribution is -0.141. The Morgan fingerprint density at radius 3 is 2.45 bits per heavy atom. The van der Waals surface area contributed by atoms with Gasteiger partial charge in [-0.15, -0.1) is 11.3 Å². The molecule has 0 spiro atoms. The number of rotatable bonds is 8. The Kier molecular flexibility index (Phi) is 10.6. The molecule has 1 saturated heterocycles. The molecule has 0 bridgehead atoms. The molecule has 17 heteroatoms. The zero-order chi connectivity index (χ0) is 41.6. The molecule has 60 heavy (non-hydrogen) atoms. The number of amides is 4. The van der Waals surface area contributed by atoms with E-state index in [-0.39, 0.29) is 37.3 Å². The molecule has 5 aromatic rings. The van der Waals surface area contributed by atoms with Crippen LogP contribution in [-0.2, 0) is 24.4 Å². The molecule has 2 saturated carbocycles. The maximum atomic E-state index is 14.8. The monoisotopic (exact) mass is 851 g/mol. The number of carbonyl (C=O) groups is 4. The minimum atomic E-state index is -3.94. The van der Waals surface area contributed by atoms with Crippen molar-refractivity contribution in [3.05, 3.63) is 96.3 Å². The fourth-order valence-electron chi connectivity index (χ4n) is 8.06. The number of aromatic nitrogens is 3. The summed E-state index contributed by atoms with van der Waals surface area (Å²) in [7, 11) is -3.94. The van der Waals surface area contributed by atoms with Crippen LogP contribution in [0.4, 0.5) is 4.39 Å². The fraction of sp³-hybridized carbons (Fsp3) is 0.372. The lowest BCUT2D eigenvalue weighted by Gasteiger charge is -2.30. The normalized spacial score (nSPS) is 25.3. The van der Waals surface area contributed by atoms with Crippen LogP contribution >= 0.6 is 11.3 Å². The Bertz CT molecular complexity index is 2640. The average molecular weight is 852 g/mol. The van der Waals surface area contributed by atoms with Crippen molar-refractivity contribution >= 4 is 66.2 Å². The van der Waals surface area contributed by atoms with E-state index < -0.39 is 74.4 Å². The molecule has 2 aliphatic carbocycles. The van der Waals surface area contributed by atoms with Crippen molar-refractivity contribution in [1.82, 2.24) is 35.2 Å². The molecular formula is C43H42FN7O7S2. The molecule has 4 amide bonds. The summed E-state index contributed by atoms with van der Waals surface area (Å²) in [6, 6.07) is 17.8. The molecule has 4 heterocycles. The summed E-state index contributed by atoms with van der Waals surface area (Å²) in [5, 5.41) is 5.58. The summed E-state index contributed by atoms with van der Waals surface area (Å²) in [4.78, 5) is 72.6. The van der Waals surface area contributed by atoms with Gasteiger partial charge in [-0.3, -0.25) is 23.9 Å². The number of ether oxygens (including phenoxy) is 1. The molecule has 9 rings (SSSR count). The first-order chi connectivity index (χ1) is 29.0. The first-order valence-electron chi connectivity index (χ1n) is 20.2. The fourth-order valence-corrected chi connectivity index (χ4v) is 10.4. The van der Waals surface area contributed by atoms with Crippen LogP contribution in [-0.4, -0.2) is 87.4 Å². The van der Waals surface area contributed by atoms with E-state index in [1.165, 1.54) is 34.4 Å². The minimum absolute atomic E-state index is 0.0332. The van der Waals surface area contributed by atoms with Crippen LogP contribution in [0.15, 0.2) is 84.9 Å². The topological polar surface area (TPSA) is 190 Å². The van der Waals surface area contributed by atoms with Crippen molar-refractivity contribution < 1.29 is 36.7 Å². The maximum Gasteiger partial charge on any atom is 0.259 e. The number of para-hydroxylation sites is 3. The van der Waals surface area contributed by atoms with Crippen molar-refractivity contribution in [3.8, 4) is 16.6 Å². The van der Waals surface area contributed by atoms with Crippen molar-refractivity contribution in [2.45, 2.75) is 86.8 Å². The van der Waals surface area contributed by atoms with Crippen molar-refractivity contribution in [1.29, 1.82) is 0 Å². The first kappa shape index (κ1) is 39.6. The molecule has 3 fully saturated rings. The van der Waals surface area contributed by atoms with Gasteiger partial charge in [0.15, 0.2) is 5.69 Å². The van der Waals surface area contributed by atoms with Crippen LogP contribution in [0.1, 0.15) is 68.1 Å². The van der Waals surface area contributed by atoms with Gasteiger partial charge >= 0.3 is 0 Å². The van der Waals surface area contributed by atoms with Gasteiger partial charge in [0.25, 0.3) is 11.8 Å². The number of thiazole rings is 1. The van der Waals surface area contributed by atoms with E-state index in [1.54, 1.807) is 6.07 Å². The van der Waals surface area contributed by atoms with Crippen LogP contribution in [0.3, 0.4) is 0 Å². The number of carbonyl (C=O) groups excluding carboxylic acids is 4. The lowest BCUT2D eigenvalue weighted by Crippen LogP contribution is -2.58. The first-order valence-corrected chi connectivity index (χ1v) is 22.5. The molecule has 310 valence electrons. The van der Waals surface area contributed by atoms with Crippen molar-refractivity contribution in [3.63, 3.8) is 0 Å². The summed E-state index contributed by atoms with van der Waals surface area (Å²) < 4.78 is 49.8. The number of sulfonamides is 1. The second-order valence-electron chi connectivity index (χ2n) is 15.9. The SMILES string of the molecule is O=C(N[C@H]1CCCCC/C=C\[C@@H]2C[C@@]2(C(=O)NS(=O)(=O)C2CC2)NC(=O)[C@@H]2C[C@@H](Oc3nc4ccccc4nc3-c3nc4ccccc4s3)CN2C1=O)c1cccc(F)c1. The maximum absolute atomic E-state index is 14.8. The van der Waals surface area contributed by atoms with Crippen LogP contribution in [0.5, 0.6) is 5.88 Å². The van der Waals surface area contributed by atoms with E-state index in [0.717, 1.165) is 22.7 Å². The minimum Gasteiger partial charge on any atom is -0.471 e. The quantitative estimate of drug-likeness (QED) is 0.175. The lowest BCUT2D eigenvalue weighted by atomic mass is 10.0. The summed E-state index contributed by atoms with van der Waals surface area (Å²) in [5.41, 5.74) is 0.807. The van der Waals surface area contributed by atoms with Gasteiger partial charge in [-0.25, -0.2) is 27.8 Å². The van der Waals surface area contributed by atoms with E-state index in [9.17, 15) is 32.0 Å². The molecule has 14 nitrogen and oxygen atoms in total. The Morgan fingerprint density at radius 2 is 1.68 bits per heavy atom. The number of nitrogens with one attached hydrogen (secondary N) is 3. The molecule has 3 aromatic carbocycles. The van der Waals surface area contributed by atoms with E-state index in [2.05, 4.69) is 15.4 Å². The predicted molar refractivity (Wildman–Crippen MR) is 222 cm³/mol. The third-order valence-corrected chi connectivity index (χ3v) is 14.4. The number of halogens is 1. The number of fused-ring (bicyclic) bond motifs is 4. The number of hydrogen-bond acceptors (Lipinski definition) is 11. The highest BCUT2D eigenvalue weighted by Gasteiger charge is 2.62. The number of hydrogen-bond donors (Lipinski definition) is 3. The zero-order valence-electron chi connectivity index (χ0n) is 32.4. The molecule has 3 N–H and O–H groups in total. The van der Waals surface area contributed by atoms with Gasteiger partial charge in [0.05, 0.1) is 33.0 Å². The van der Waals surface area contributed by atoms with Crippen LogP contribution in [0, 0.1) is 11.7 Å². The average Bonchev–Trinajstić information content (AvgIpc) is 4.13. The van der Waals surface area contributed by atoms with Crippen molar-refractivity contribution in [2.24, 2.45) is 5.92 Å². The number of nitrogens with zero attached hydrogens (tertiary/aromatic N) is 4. The Hall–Kier alpha value is -5.81. The molecule has 5 atom stereocenters. The van der Waals surface area contributed by atoms with Crippen LogP contribution in [0.25, 0.3) is 32.0 Å². The summed E-state index contributed by atoms with van der Waals surface area (Å²) in [5.74, 6) is -3.63. The van der Waals surface area contributed by atoms with Gasteiger partial charge in [0, 0.05) is 17.9 Å². The van der Waals surface area contributed by atoms with Gasteiger partial charge in [-0.05, 0) is 81.0 Å². The molecule has 0 radical (unpaired) electrons. The van der Waals surface area contributed by atoms with Crippen molar-refractivity contribution in [2.75, 3.05) is 6.54 Å². The summed E-state index contributed by atoms with van der Waals surface area (Å²) >= 11 is 1.42. The van der Waals surface area contributed by atoms with Gasteiger partial charge in [-0.1, -0.05) is 55.3 Å². The Morgan fingerprint density at radius 1 is 0.917 bits per heavy atom. The smallest absolute Gasteiger partial charge is 0.259 e. The summed E-state index contributed by atoms with van der Waals surface area (Å²) in [6.07, 6.45) is 6.90. The molecule has 0 unspecified atom stereocenters. The highest BCUT2D eigenvalue weighted by atomic mass is 32.2. The van der Waals surface area contributed by atoms with Crippen LogP contribution < -0.4 is 20.1 Å². The van der Waals surface area contributed by atoms with Gasteiger partial charge in [0.2, 0.25) is 27.7 Å². The second-order valence-corrected chi connectivity index (χ2v) is 18.9. The third-order valence-electron chi connectivity index (χ3n) is 11.5. The predicted octanol–water partition coefficient (Wildman–Crippen LogP) is 5.20. The van der Waals surface area contributed by atoms with Gasteiger partial charge < -0.3 is 20.3 Å². The molecular weight excluding hydrogens is 810 g/mol. The highest BCUT2D eigenvalue weighted by molar-refractivity contribution is 7.91. The molecule has 4 aliphatic rings. The number of allylic oxidation sites excluding steroid dienone is 1. The molecule has 2 aliphatic heterocycles. The number of benzene rings is 3. The summed E-state index contributed by atoms with van der Waals surface area (Å²) in [6.45, 7) is -0.102. The van der Waals surface area contributed by atoms with Gasteiger partial charge in [-0.2, -0.15) is 0 Å². The van der Waals surface area contributed by atoms with E-state index in [4.69, 9.17) is 19.7 Å². The van der Waals surface area contributed by atoms with E-state index >= 15 is 0 Å². The largest absolute Gasteiger partial charge is 0.471 e. The highest BCUT2D eigenvalue weighted by Crippen LogP contribution is 2.46. The second kappa shape index (κ2) is 16.0. The van der Waals surface area contributed by atoms with E-state index in [1.807, 2.05) is 54.6 Å². The molecule has 2 aromatic heterocycles. The standard InChI is InChI=1S/C43H42FN7O7S2/c44-27-13-10-11-25(21-27)37(52)46-33-17-5-3-1-2-4-12-26-23-43(26,42(55)50-60(56,57)29-19-20-29)49-38(53)34-22-28(24-51(34)41(33)54)58-39-36(45-30-14-6-7-15-31(30)47-39)40-48-32-16-8-9-18-35(32)59-40/h4,6-16,18,21,26,28-29,33-34H,1-3,5,17,19-20,22-24H2,(H,46,52)(H,49,53)(H,50,55)/b12-4-/t26-,28-,33+,34+,43-/m1/s1. The van der Waals surface area contributed by atoms with Gasteiger partial charge in [0.1, 0.15) is 34.6 Å². The Balaban J connectivity index is 1.06. The van der Waals surface area contributed by atoms with E-state index in [0.29, 0.717) is 53.8 Å². The third kappa shape index (κ3) is 8.07. The van der Waals surface area contributed by atoms with Crippen LogP contribution in [0.2, 0.25) is 0 Å². The zero-order valence-corrected chi connectivity index (χ0v) is 34.0. The Labute approximate surface area is 349 Å².